The molecule has 0 bridgehead atoms. The Balaban J connectivity index is 1.52. The van der Waals surface area contributed by atoms with Crippen molar-refractivity contribution in [2.75, 3.05) is 19.8 Å². The van der Waals surface area contributed by atoms with Crippen molar-refractivity contribution in [3.63, 3.8) is 0 Å². The van der Waals surface area contributed by atoms with Crippen molar-refractivity contribution in [1.29, 1.82) is 0 Å². The van der Waals surface area contributed by atoms with Gasteiger partial charge >= 0.3 is 0 Å². The number of ether oxygens (including phenoxy) is 1. The van der Waals surface area contributed by atoms with Crippen LogP contribution in [0.15, 0.2) is 24.8 Å². The molecule has 0 aromatic carbocycles. The van der Waals surface area contributed by atoms with Gasteiger partial charge in [-0.05, 0) is 18.8 Å². The van der Waals surface area contributed by atoms with Crippen LogP contribution in [0.25, 0.3) is 0 Å². The third kappa shape index (κ3) is 3.03. The molecule has 1 atom stereocenters. The van der Waals surface area contributed by atoms with Crippen LogP contribution in [0.3, 0.4) is 0 Å². The molecule has 0 N–H and O–H groups in total. The van der Waals surface area contributed by atoms with E-state index in [4.69, 9.17) is 4.74 Å². The first-order valence-electron chi connectivity index (χ1n) is 8.36. The van der Waals surface area contributed by atoms with Crippen molar-refractivity contribution in [3.05, 3.63) is 41.7 Å². The summed E-state index contributed by atoms with van der Waals surface area (Å²) in [6, 6.07) is 0. The van der Waals surface area contributed by atoms with Crippen LogP contribution in [0.5, 0.6) is 0 Å². The van der Waals surface area contributed by atoms with Crippen molar-refractivity contribution in [2.24, 2.45) is 13.0 Å². The summed E-state index contributed by atoms with van der Waals surface area (Å²) in [4.78, 5) is 22.6. The maximum atomic E-state index is 12.7. The summed E-state index contributed by atoms with van der Waals surface area (Å²) in [6.45, 7) is 2.61. The largest absolute Gasteiger partial charge is 0.380 e. The minimum atomic E-state index is -0.0928. The fraction of sp³-hybridized carbons (Fsp3) is 0.529. The molecule has 0 unspecified atom stereocenters. The monoisotopic (exact) mass is 327 g/mol. The molecule has 0 saturated heterocycles. The summed E-state index contributed by atoms with van der Waals surface area (Å²) in [5.41, 5.74) is 2.64. The number of aromatic nitrogens is 4. The summed E-state index contributed by atoms with van der Waals surface area (Å²) < 4.78 is 7.81. The van der Waals surface area contributed by atoms with Crippen molar-refractivity contribution >= 4 is 5.91 Å². The van der Waals surface area contributed by atoms with Gasteiger partial charge in [0.25, 0.3) is 5.91 Å². The highest BCUT2D eigenvalue weighted by Gasteiger charge is 2.32. The van der Waals surface area contributed by atoms with Crippen LogP contribution in [0, 0.1) is 5.92 Å². The number of rotatable bonds is 5. The van der Waals surface area contributed by atoms with E-state index in [1.165, 1.54) is 24.7 Å². The van der Waals surface area contributed by atoms with E-state index in [1.54, 1.807) is 12.4 Å². The Hall–Kier alpha value is -2.28. The van der Waals surface area contributed by atoms with Gasteiger partial charge in [-0.3, -0.25) is 14.5 Å². The smallest absolute Gasteiger partial charge is 0.274 e. The number of hydrogen-bond acceptors (Lipinski definition) is 5. The molecule has 2 aromatic rings. The van der Waals surface area contributed by atoms with Crippen LogP contribution >= 0.6 is 0 Å². The maximum Gasteiger partial charge on any atom is 0.274 e. The Kier molecular flexibility index (Phi) is 4.02. The summed E-state index contributed by atoms with van der Waals surface area (Å²) in [5, 5.41) is 4.37. The minimum absolute atomic E-state index is 0.0928. The zero-order chi connectivity index (χ0) is 16.5. The molecule has 24 heavy (non-hydrogen) atoms. The number of hydrogen-bond donors (Lipinski definition) is 0. The summed E-state index contributed by atoms with van der Waals surface area (Å²) in [7, 11) is 1.95. The van der Waals surface area contributed by atoms with E-state index in [9.17, 15) is 4.79 Å². The van der Waals surface area contributed by atoms with Crippen LogP contribution < -0.4 is 0 Å². The highest BCUT2D eigenvalue weighted by Crippen LogP contribution is 2.31. The van der Waals surface area contributed by atoms with Crippen LogP contribution in [0.1, 0.15) is 40.5 Å². The Morgan fingerprint density at radius 1 is 1.29 bits per heavy atom. The molecule has 126 valence electrons. The van der Waals surface area contributed by atoms with Gasteiger partial charge in [-0.25, -0.2) is 4.98 Å². The Morgan fingerprint density at radius 3 is 2.92 bits per heavy atom. The lowest BCUT2D eigenvalue weighted by Crippen LogP contribution is -2.40. The normalized spacial score (nSPS) is 20.0. The number of nitrogens with zero attached hydrogens (tertiary/aromatic N) is 5. The number of aryl methyl sites for hydroxylation is 1. The van der Waals surface area contributed by atoms with E-state index < -0.39 is 0 Å². The number of carbonyl (C=O) groups excluding carboxylic acids is 1. The molecule has 7 heteroatoms. The Bertz CT molecular complexity index is 726. The topological polar surface area (TPSA) is 73.1 Å². The predicted octanol–water partition coefficient (Wildman–Crippen LogP) is 1.38. The quantitative estimate of drug-likeness (QED) is 0.829. The highest BCUT2D eigenvalue weighted by atomic mass is 16.5. The van der Waals surface area contributed by atoms with Gasteiger partial charge in [-0.2, -0.15) is 5.10 Å². The average Bonchev–Trinajstić information content (AvgIpc) is 3.36. The lowest BCUT2D eigenvalue weighted by Gasteiger charge is -2.32. The predicted molar refractivity (Wildman–Crippen MR) is 86.3 cm³/mol. The standard InChI is InChI=1S/C17H21N5O2/c1-21-16-13(6-20-21)8-22(17(23)15-7-18-4-5-19-15)9-14(16)11-24-10-12-2-3-12/h4-7,12,14H,2-3,8-11H2,1H3/t14-/m0/s1. The highest BCUT2D eigenvalue weighted by molar-refractivity contribution is 5.92. The fourth-order valence-electron chi connectivity index (χ4n) is 3.28. The first-order valence-corrected chi connectivity index (χ1v) is 8.36. The second-order valence-electron chi connectivity index (χ2n) is 6.63. The number of amides is 1. The van der Waals surface area contributed by atoms with Crippen molar-refractivity contribution in [3.8, 4) is 0 Å². The van der Waals surface area contributed by atoms with Crippen molar-refractivity contribution < 1.29 is 9.53 Å². The van der Waals surface area contributed by atoms with Crippen molar-refractivity contribution in [2.45, 2.75) is 25.3 Å². The van der Waals surface area contributed by atoms with Gasteiger partial charge < -0.3 is 9.64 Å². The zero-order valence-corrected chi connectivity index (χ0v) is 13.8. The molecular weight excluding hydrogens is 306 g/mol. The van der Waals surface area contributed by atoms with E-state index in [-0.39, 0.29) is 11.8 Å². The zero-order valence-electron chi connectivity index (χ0n) is 13.8. The van der Waals surface area contributed by atoms with Gasteiger partial charge in [0, 0.05) is 50.6 Å². The molecule has 1 fully saturated rings. The van der Waals surface area contributed by atoms with E-state index in [0.29, 0.717) is 25.4 Å². The molecule has 2 aromatic heterocycles. The third-order valence-electron chi connectivity index (χ3n) is 4.69. The number of fused-ring (bicyclic) bond motifs is 1. The molecule has 1 aliphatic carbocycles. The average molecular weight is 327 g/mol. The fourth-order valence-corrected chi connectivity index (χ4v) is 3.28. The molecule has 0 spiro atoms. The van der Waals surface area contributed by atoms with Gasteiger partial charge in [-0.1, -0.05) is 0 Å². The van der Waals surface area contributed by atoms with Gasteiger partial charge in [-0.15, -0.1) is 0 Å². The van der Waals surface area contributed by atoms with Crippen LogP contribution in [0.2, 0.25) is 0 Å². The van der Waals surface area contributed by atoms with Gasteiger partial charge in [0.05, 0.1) is 24.7 Å². The van der Waals surface area contributed by atoms with E-state index in [2.05, 4.69) is 15.1 Å². The Labute approximate surface area is 140 Å². The molecule has 1 amide bonds. The van der Waals surface area contributed by atoms with Crippen LogP contribution in [0.4, 0.5) is 0 Å². The molecule has 4 rings (SSSR count). The summed E-state index contributed by atoms with van der Waals surface area (Å²) >= 11 is 0. The summed E-state index contributed by atoms with van der Waals surface area (Å²) in [6.07, 6.45) is 9.03. The SMILES string of the molecule is Cn1ncc2c1[C@H](COCC1CC1)CN(C(=O)c1cnccn1)C2. The molecule has 7 nitrogen and oxygen atoms in total. The minimum Gasteiger partial charge on any atom is -0.380 e. The molecule has 3 heterocycles. The molecular formula is C17H21N5O2. The van der Waals surface area contributed by atoms with Gasteiger partial charge in [0.1, 0.15) is 5.69 Å². The van der Waals surface area contributed by atoms with Gasteiger partial charge in [0.2, 0.25) is 0 Å². The van der Waals surface area contributed by atoms with Crippen molar-refractivity contribution in [1.82, 2.24) is 24.6 Å². The molecule has 2 aliphatic rings. The van der Waals surface area contributed by atoms with Gasteiger partial charge in [0.15, 0.2) is 0 Å². The van der Waals surface area contributed by atoms with E-state index in [0.717, 1.165) is 18.1 Å². The molecule has 0 radical (unpaired) electrons. The lowest BCUT2D eigenvalue weighted by molar-refractivity contribution is 0.0616. The third-order valence-corrected chi connectivity index (χ3v) is 4.69. The molecule has 1 saturated carbocycles. The second-order valence-corrected chi connectivity index (χ2v) is 6.63. The first kappa shape index (κ1) is 15.3. The second kappa shape index (κ2) is 6.32. The maximum absolute atomic E-state index is 12.7. The van der Waals surface area contributed by atoms with E-state index in [1.807, 2.05) is 22.8 Å². The summed E-state index contributed by atoms with van der Waals surface area (Å²) in [5.74, 6) is 0.780. The number of carbonyl (C=O) groups is 1. The first-order chi connectivity index (χ1) is 11.7. The molecule has 1 aliphatic heterocycles. The Morgan fingerprint density at radius 2 is 2.17 bits per heavy atom. The lowest BCUT2D eigenvalue weighted by atomic mass is 9.96. The van der Waals surface area contributed by atoms with Crippen LogP contribution in [-0.2, 0) is 18.3 Å². The van der Waals surface area contributed by atoms with E-state index >= 15 is 0 Å². The van der Waals surface area contributed by atoms with Crippen LogP contribution in [-0.4, -0.2) is 50.3 Å².